The lowest BCUT2D eigenvalue weighted by Gasteiger charge is -2.40. The maximum atomic E-state index is 11.5. The van der Waals surface area contributed by atoms with E-state index in [9.17, 15) is 15.2 Å². The summed E-state index contributed by atoms with van der Waals surface area (Å²) in [6.45, 7) is 1.01. The summed E-state index contributed by atoms with van der Waals surface area (Å²) >= 11 is 0. The second-order valence-corrected chi connectivity index (χ2v) is 6.08. The fourth-order valence-electron chi connectivity index (χ4n) is 3.73. The van der Waals surface area contributed by atoms with Crippen LogP contribution in [0.1, 0.15) is 24.3 Å². The van der Waals surface area contributed by atoms with Gasteiger partial charge in [-0.3, -0.25) is 10.1 Å². The smallest absolute Gasteiger partial charge is 0.245 e. The van der Waals surface area contributed by atoms with Crippen LogP contribution in [0.5, 0.6) is 11.5 Å². The summed E-state index contributed by atoms with van der Waals surface area (Å²) in [6, 6.07) is 4.15. The number of fused-ring (bicyclic) bond motifs is 1. The molecule has 3 aliphatic rings. The molecule has 8 heteroatoms. The third-order valence-corrected chi connectivity index (χ3v) is 4.74. The van der Waals surface area contributed by atoms with Crippen LogP contribution < -0.4 is 9.47 Å². The first-order valence-electron chi connectivity index (χ1n) is 7.57. The van der Waals surface area contributed by atoms with Gasteiger partial charge in [-0.15, -0.1) is 0 Å². The van der Waals surface area contributed by atoms with Crippen molar-refractivity contribution in [3.05, 3.63) is 33.9 Å². The Morgan fingerprint density at radius 1 is 1.17 bits per heavy atom. The molecule has 1 N–H and O–H groups in total. The number of benzene rings is 1. The zero-order valence-electron chi connectivity index (χ0n) is 12.3. The number of rotatable bonds is 2. The molecule has 4 rings (SSSR count). The highest BCUT2D eigenvalue weighted by molar-refractivity contribution is 5.46. The predicted molar refractivity (Wildman–Crippen MR) is 76.0 cm³/mol. The van der Waals surface area contributed by atoms with E-state index in [0.29, 0.717) is 36.7 Å². The van der Waals surface area contributed by atoms with Crippen molar-refractivity contribution in [1.82, 2.24) is 0 Å². The zero-order chi connectivity index (χ0) is 16.0. The summed E-state index contributed by atoms with van der Waals surface area (Å²) in [5, 5.41) is 21.8. The van der Waals surface area contributed by atoms with Crippen molar-refractivity contribution >= 4 is 0 Å². The summed E-state index contributed by atoms with van der Waals surface area (Å²) in [4.78, 5) is 11.1. The first-order chi connectivity index (χ1) is 11.1. The fraction of sp³-hybridized carbons (Fsp3) is 0.600. The van der Waals surface area contributed by atoms with Crippen LogP contribution >= 0.6 is 0 Å². The van der Waals surface area contributed by atoms with E-state index in [1.807, 2.05) is 0 Å². The summed E-state index contributed by atoms with van der Waals surface area (Å²) in [5.41, 5.74) is 0.716. The van der Waals surface area contributed by atoms with E-state index in [1.54, 1.807) is 18.2 Å². The average molecular weight is 323 g/mol. The molecule has 8 nitrogen and oxygen atoms in total. The lowest BCUT2D eigenvalue weighted by Crippen LogP contribution is -2.52. The Balaban J connectivity index is 1.71. The first kappa shape index (κ1) is 14.7. The molecule has 2 heterocycles. The van der Waals surface area contributed by atoms with E-state index < -0.39 is 28.8 Å². The average Bonchev–Trinajstić information content (AvgIpc) is 3.14. The van der Waals surface area contributed by atoms with Gasteiger partial charge in [0.1, 0.15) is 6.10 Å². The van der Waals surface area contributed by atoms with Crippen LogP contribution in [0.3, 0.4) is 0 Å². The number of hydrogen-bond acceptors (Lipinski definition) is 7. The second-order valence-electron chi connectivity index (χ2n) is 6.08. The Bertz CT molecular complexity index is 628. The number of aliphatic hydroxyl groups is 1. The molecule has 1 saturated carbocycles. The maximum Gasteiger partial charge on any atom is 0.245 e. The van der Waals surface area contributed by atoms with Gasteiger partial charge in [0.25, 0.3) is 0 Å². The molecule has 3 atom stereocenters. The molecule has 0 amide bonds. The lowest BCUT2D eigenvalue weighted by atomic mass is 9.75. The number of hydrogen-bond donors (Lipinski definition) is 1. The van der Waals surface area contributed by atoms with Gasteiger partial charge in [0.15, 0.2) is 17.3 Å². The van der Waals surface area contributed by atoms with Gasteiger partial charge in [-0.2, -0.15) is 0 Å². The highest BCUT2D eigenvalue weighted by atomic mass is 16.7. The van der Waals surface area contributed by atoms with Gasteiger partial charge >= 0.3 is 0 Å². The third-order valence-electron chi connectivity index (χ3n) is 4.74. The SMILES string of the molecule is O=[N+]([O-])C1C(O)CC2(CC1c1ccc3c(c1)OCO3)OCCO2. The molecular formula is C15H17NO7. The van der Waals surface area contributed by atoms with Crippen molar-refractivity contribution in [3.63, 3.8) is 0 Å². The van der Waals surface area contributed by atoms with Crippen LogP contribution in [-0.2, 0) is 9.47 Å². The number of nitro groups is 1. The van der Waals surface area contributed by atoms with E-state index in [2.05, 4.69) is 0 Å². The van der Waals surface area contributed by atoms with E-state index in [4.69, 9.17) is 18.9 Å². The van der Waals surface area contributed by atoms with Crippen LogP contribution in [0.15, 0.2) is 18.2 Å². The minimum Gasteiger partial charge on any atom is -0.454 e. The minimum absolute atomic E-state index is 0.111. The number of ether oxygens (including phenoxy) is 4. The molecule has 3 unspecified atom stereocenters. The molecule has 0 bridgehead atoms. The van der Waals surface area contributed by atoms with Crippen molar-refractivity contribution in [3.8, 4) is 11.5 Å². The van der Waals surface area contributed by atoms with Crippen molar-refractivity contribution < 1.29 is 29.0 Å². The summed E-state index contributed by atoms with van der Waals surface area (Å²) in [5.74, 6) is -0.286. The molecule has 1 aliphatic carbocycles. The normalized spacial score (nSPS) is 31.4. The third kappa shape index (κ3) is 2.43. The van der Waals surface area contributed by atoms with Gasteiger partial charge in [0.2, 0.25) is 12.8 Å². The Hall–Kier alpha value is -1.90. The molecular weight excluding hydrogens is 306 g/mol. The van der Waals surface area contributed by atoms with E-state index >= 15 is 0 Å². The van der Waals surface area contributed by atoms with Crippen LogP contribution in [0.25, 0.3) is 0 Å². The summed E-state index contributed by atoms with van der Waals surface area (Å²) < 4.78 is 22.0. The van der Waals surface area contributed by atoms with Gasteiger partial charge in [-0.05, 0) is 17.7 Å². The van der Waals surface area contributed by atoms with E-state index in [0.717, 1.165) is 0 Å². The van der Waals surface area contributed by atoms with Crippen LogP contribution in [0, 0.1) is 10.1 Å². The van der Waals surface area contributed by atoms with Crippen LogP contribution in [0.2, 0.25) is 0 Å². The molecule has 0 radical (unpaired) electrons. The van der Waals surface area contributed by atoms with Crippen molar-refractivity contribution in [1.29, 1.82) is 0 Å². The van der Waals surface area contributed by atoms with Crippen molar-refractivity contribution in [2.24, 2.45) is 0 Å². The molecule has 1 saturated heterocycles. The lowest BCUT2D eigenvalue weighted by molar-refractivity contribution is -0.546. The Morgan fingerprint density at radius 3 is 2.65 bits per heavy atom. The van der Waals surface area contributed by atoms with Crippen LogP contribution in [0.4, 0.5) is 0 Å². The van der Waals surface area contributed by atoms with Gasteiger partial charge in [-0.1, -0.05) is 6.07 Å². The zero-order valence-corrected chi connectivity index (χ0v) is 12.3. The van der Waals surface area contributed by atoms with Gasteiger partial charge in [-0.25, -0.2) is 0 Å². The largest absolute Gasteiger partial charge is 0.454 e. The van der Waals surface area contributed by atoms with E-state index in [-0.39, 0.29) is 13.2 Å². The minimum atomic E-state index is -1.13. The Morgan fingerprint density at radius 2 is 1.91 bits per heavy atom. The molecule has 1 aromatic carbocycles. The number of aliphatic hydroxyl groups excluding tert-OH is 1. The monoisotopic (exact) mass is 323 g/mol. The van der Waals surface area contributed by atoms with Crippen molar-refractivity contribution in [2.45, 2.75) is 36.7 Å². The highest BCUT2D eigenvalue weighted by Crippen LogP contribution is 2.46. The first-order valence-corrected chi connectivity index (χ1v) is 7.57. The molecule has 2 fully saturated rings. The van der Waals surface area contributed by atoms with Gasteiger partial charge < -0.3 is 24.1 Å². The molecule has 1 aromatic rings. The molecule has 23 heavy (non-hydrogen) atoms. The molecule has 0 aromatic heterocycles. The standard InChI is InChI=1S/C15H17NO7/c17-11-7-15(22-3-4-23-15)6-10(14(11)16(18)19)9-1-2-12-13(5-9)21-8-20-12/h1-2,5,10-11,14,17H,3-4,6-8H2. The summed E-state index contributed by atoms with van der Waals surface area (Å²) in [6.07, 6.45) is -0.693. The fourth-order valence-corrected chi connectivity index (χ4v) is 3.73. The second kappa shape index (κ2) is 5.33. The van der Waals surface area contributed by atoms with Gasteiger partial charge in [0, 0.05) is 17.8 Å². The maximum absolute atomic E-state index is 11.5. The number of nitrogens with zero attached hydrogens (tertiary/aromatic N) is 1. The predicted octanol–water partition coefficient (Wildman–Crippen LogP) is 1.04. The molecule has 124 valence electrons. The molecule has 1 spiro atoms. The van der Waals surface area contributed by atoms with Crippen LogP contribution in [-0.4, -0.2) is 48.0 Å². The van der Waals surface area contributed by atoms with Gasteiger partial charge in [0.05, 0.1) is 19.1 Å². The quantitative estimate of drug-likeness (QED) is 0.641. The van der Waals surface area contributed by atoms with E-state index in [1.165, 1.54) is 0 Å². The highest BCUT2D eigenvalue weighted by Gasteiger charge is 2.54. The Kier molecular flexibility index (Phi) is 3.40. The Labute approximate surface area is 132 Å². The van der Waals surface area contributed by atoms with Crippen molar-refractivity contribution in [2.75, 3.05) is 20.0 Å². The topological polar surface area (TPSA) is 100 Å². The molecule has 2 aliphatic heterocycles. The summed E-state index contributed by atoms with van der Waals surface area (Å²) in [7, 11) is 0.